The average molecular weight is 241 g/mol. The first-order valence-corrected chi connectivity index (χ1v) is 6.36. The molecule has 0 unspecified atom stereocenters. The summed E-state index contributed by atoms with van der Waals surface area (Å²) in [4.78, 5) is 0. The van der Waals surface area contributed by atoms with Crippen molar-refractivity contribution in [1.29, 1.82) is 0 Å². The Balaban J connectivity index is 2.25. The molecule has 88 valence electrons. The highest BCUT2D eigenvalue weighted by molar-refractivity contribution is 6.30. The van der Waals surface area contributed by atoms with Gasteiger partial charge in [0, 0.05) is 11.4 Å². The lowest BCUT2D eigenvalue weighted by molar-refractivity contribution is -0.694. The summed E-state index contributed by atoms with van der Waals surface area (Å²) in [7, 11) is 1.73. The van der Waals surface area contributed by atoms with Gasteiger partial charge >= 0.3 is 0 Å². The standard InChI is InChI=1S/C13H18ClNO/c1-16-13-7-6-10(14)9-11(13)12-5-3-2-4-8-15-12/h6-7,9,12,15H,2-5,8H2,1H3/p+1/t12-/m1/s1. The molecule has 1 fully saturated rings. The van der Waals surface area contributed by atoms with Crippen molar-refractivity contribution in [3.05, 3.63) is 28.8 Å². The molecule has 1 aromatic rings. The van der Waals surface area contributed by atoms with Gasteiger partial charge in [-0.25, -0.2) is 0 Å². The van der Waals surface area contributed by atoms with Crippen molar-refractivity contribution >= 4 is 11.6 Å². The molecule has 1 heterocycles. The third-order valence-electron chi connectivity index (χ3n) is 3.26. The minimum atomic E-state index is 0.510. The van der Waals surface area contributed by atoms with Gasteiger partial charge in [0.1, 0.15) is 11.8 Å². The minimum absolute atomic E-state index is 0.510. The van der Waals surface area contributed by atoms with Crippen LogP contribution in [0.5, 0.6) is 5.75 Å². The number of hydrogen-bond donors (Lipinski definition) is 1. The van der Waals surface area contributed by atoms with Crippen molar-refractivity contribution in [1.82, 2.24) is 0 Å². The third-order valence-corrected chi connectivity index (χ3v) is 3.50. The van der Waals surface area contributed by atoms with Gasteiger partial charge in [-0.2, -0.15) is 0 Å². The van der Waals surface area contributed by atoms with Gasteiger partial charge in [0.05, 0.1) is 19.2 Å². The first kappa shape index (κ1) is 11.7. The molecule has 0 amide bonds. The Bertz CT molecular complexity index is 346. The van der Waals surface area contributed by atoms with Crippen LogP contribution in [0.1, 0.15) is 37.3 Å². The summed E-state index contributed by atoms with van der Waals surface area (Å²) >= 11 is 6.06. The second-order valence-corrected chi connectivity index (χ2v) is 4.80. The highest BCUT2D eigenvalue weighted by atomic mass is 35.5. The van der Waals surface area contributed by atoms with Crippen molar-refractivity contribution in [2.24, 2.45) is 0 Å². The van der Waals surface area contributed by atoms with Gasteiger partial charge in [-0.15, -0.1) is 0 Å². The SMILES string of the molecule is COc1ccc(Cl)cc1[C@H]1CCCCC[NH2+]1. The van der Waals surface area contributed by atoms with Crippen LogP contribution < -0.4 is 10.1 Å². The molecule has 2 nitrogen and oxygen atoms in total. The van der Waals surface area contributed by atoms with Gasteiger partial charge in [-0.05, 0) is 37.5 Å². The van der Waals surface area contributed by atoms with E-state index in [4.69, 9.17) is 16.3 Å². The molecule has 3 heteroatoms. The first-order chi connectivity index (χ1) is 7.81. The van der Waals surface area contributed by atoms with E-state index in [2.05, 4.69) is 5.32 Å². The second-order valence-electron chi connectivity index (χ2n) is 4.37. The van der Waals surface area contributed by atoms with Gasteiger partial charge in [0.15, 0.2) is 0 Å². The molecule has 0 spiro atoms. The fraction of sp³-hybridized carbons (Fsp3) is 0.538. The van der Waals surface area contributed by atoms with E-state index in [1.54, 1.807) is 7.11 Å². The molecule has 2 N–H and O–H groups in total. The molecule has 1 aliphatic rings. The van der Waals surface area contributed by atoms with E-state index in [0.29, 0.717) is 6.04 Å². The monoisotopic (exact) mass is 240 g/mol. The van der Waals surface area contributed by atoms with Crippen molar-refractivity contribution in [2.75, 3.05) is 13.7 Å². The van der Waals surface area contributed by atoms with Crippen molar-refractivity contribution in [3.8, 4) is 5.75 Å². The summed E-state index contributed by atoms with van der Waals surface area (Å²) in [5.41, 5.74) is 1.25. The summed E-state index contributed by atoms with van der Waals surface area (Å²) < 4.78 is 5.42. The predicted molar refractivity (Wildman–Crippen MR) is 66.0 cm³/mol. The number of benzene rings is 1. The Morgan fingerprint density at radius 1 is 1.31 bits per heavy atom. The first-order valence-electron chi connectivity index (χ1n) is 5.98. The predicted octanol–water partition coefficient (Wildman–Crippen LogP) is 2.53. The Hall–Kier alpha value is -0.730. The van der Waals surface area contributed by atoms with Crippen LogP contribution in [0.15, 0.2) is 18.2 Å². The van der Waals surface area contributed by atoms with Crippen molar-refractivity contribution in [3.63, 3.8) is 0 Å². The van der Waals surface area contributed by atoms with Crippen LogP contribution in [-0.2, 0) is 0 Å². The molecule has 1 aromatic carbocycles. The Morgan fingerprint density at radius 2 is 2.19 bits per heavy atom. The largest absolute Gasteiger partial charge is 0.496 e. The van der Waals surface area contributed by atoms with Crippen LogP contribution in [0.4, 0.5) is 0 Å². The number of halogens is 1. The quantitative estimate of drug-likeness (QED) is 0.845. The molecule has 2 rings (SSSR count). The molecule has 0 radical (unpaired) electrons. The van der Waals surface area contributed by atoms with Crippen LogP contribution in [-0.4, -0.2) is 13.7 Å². The highest BCUT2D eigenvalue weighted by Crippen LogP contribution is 2.29. The van der Waals surface area contributed by atoms with E-state index in [-0.39, 0.29) is 0 Å². The van der Waals surface area contributed by atoms with Gasteiger partial charge in [-0.3, -0.25) is 0 Å². The van der Waals surface area contributed by atoms with Crippen molar-refractivity contribution < 1.29 is 10.1 Å². The highest BCUT2D eigenvalue weighted by Gasteiger charge is 2.21. The minimum Gasteiger partial charge on any atom is -0.496 e. The smallest absolute Gasteiger partial charge is 0.128 e. The summed E-state index contributed by atoms with van der Waals surface area (Å²) in [6.45, 7) is 1.21. The number of ether oxygens (including phenoxy) is 1. The number of rotatable bonds is 2. The summed E-state index contributed by atoms with van der Waals surface area (Å²) in [5, 5.41) is 3.22. The number of quaternary nitrogens is 1. The summed E-state index contributed by atoms with van der Waals surface area (Å²) in [5.74, 6) is 0.965. The molecule has 0 aromatic heterocycles. The van der Waals surface area contributed by atoms with E-state index in [1.807, 2.05) is 18.2 Å². The number of hydrogen-bond acceptors (Lipinski definition) is 1. The number of methoxy groups -OCH3 is 1. The zero-order valence-corrected chi connectivity index (χ0v) is 10.5. The maximum Gasteiger partial charge on any atom is 0.128 e. The molecular weight excluding hydrogens is 222 g/mol. The van der Waals surface area contributed by atoms with E-state index in [9.17, 15) is 0 Å². The lowest BCUT2D eigenvalue weighted by atomic mass is 10.0. The molecule has 0 aliphatic carbocycles. The molecule has 1 atom stereocenters. The van der Waals surface area contributed by atoms with Crippen molar-refractivity contribution in [2.45, 2.75) is 31.7 Å². The third kappa shape index (κ3) is 2.69. The topological polar surface area (TPSA) is 25.8 Å². The maximum atomic E-state index is 6.06. The molecular formula is C13H19ClNO+. The Labute approximate surface area is 102 Å². The van der Waals surface area contributed by atoms with Crippen LogP contribution in [0.25, 0.3) is 0 Å². The van der Waals surface area contributed by atoms with Gasteiger partial charge in [0.2, 0.25) is 0 Å². The average Bonchev–Trinajstić information content (AvgIpc) is 2.57. The van der Waals surface area contributed by atoms with E-state index < -0.39 is 0 Å². The maximum absolute atomic E-state index is 6.06. The molecule has 1 aliphatic heterocycles. The van der Waals surface area contributed by atoms with Gasteiger partial charge in [0.25, 0.3) is 0 Å². The van der Waals surface area contributed by atoms with Crippen LogP contribution >= 0.6 is 11.6 Å². The zero-order valence-electron chi connectivity index (χ0n) is 9.71. The van der Waals surface area contributed by atoms with E-state index in [1.165, 1.54) is 37.8 Å². The van der Waals surface area contributed by atoms with Crippen LogP contribution in [0.3, 0.4) is 0 Å². The molecule has 0 bridgehead atoms. The second kappa shape index (κ2) is 5.55. The fourth-order valence-corrected chi connectivity index (χ4v) is 2.58. The summed E-state index contributed by atoms with van der Waals surface area (Å²) in [6, 6.07) is 6.42. The van der Waals surface area contributed by atoms with E-state index in [0.717, 1.165) is 10.8 Å². The fourth-order valence-electron chi connectivity index (χ4n) is 2.40. The molecule has 0 saturated carbocycles. The normalized spacial score (nSPS) is 21.5. The Morgan fingerprint density at radius 3 is 3.00 bits per heavy atom. The lowest BCUT2D eigenvalue weighted by Gasteiger charge is -2.16. The zero-order chi connectivity index (χ0) is 11.4. The molecule has 1 saturated heterocycles. The molecule has 16 heavy (non-hydrogen) atoms. The van der Waals surface area contributed by atoms with Gasteiger partial charge in [-0.1, -0.05) is 11.6 Å². The van der Waals surface area contributed by atoms with E-state index >= 15 is 0 Å². The van der Waals surface area contributed by atoms with Gasteiger partial charge < -0.3 is 10.1 Å². The lowest BCUT2D eigenvalue weighted by Crippen LogP contribution is -2.84. The number of nitrogens with two attached hydrogens (primary N) is 1. The van der Waals surface area contributed by atoms with Crippen LogP contribution in [0.2, 0.25) is 5.02 Å². The summed E-state index contributed by atoms with van der Waals surface area (Å²) in [6.07, 6.45) is 5.18. The Kier molecular flexibility index (Phi) is 4.08. The van der Waals surface area contributed by atoms with Crippen LogP contribution in [0, 0.1) is 0 Å².